The van der Waals surface area contributed by atoms with Gasteiger partial charge in [-0.25, -0.2) is 0 Å². The molecular formula is C15H20N2O4. The summed E-state index contributed by atoms with van der Waals surface area (Å²) in [5.41, 5.74) is 1.29. The normalized spacial score (nSPS) is 21.2. The molecule has 1 aliphatic heterocycles. The van der Waals surface area contributed by atoms with Gasteiger partial charge in [-0.05, 0) is 25.5 Å². The molecule has 0 aliphatic carbocycles. The van der Waals surface area contributed by atoms with Gasteiger partial charge in [-0.2, -0.15) is 0 Å². The highest BCUT2D eigenvalue weighted by molar-refractivity contribution is 5.94. The summed E-state index contributed by atoms with van der Waals surface area (Å²) in [5, 5.41) is 9.27. The Morgan fingerprint density at radius 2 is 2.24 bits per heavy atom. The van der Waals surface area contributed by atoms with Crippen LogP contribution in [0.4, 0.5) is 0 Å². The van der Waals surface area contributed by atoms with Gasteiger partial charge in [0, 0.05) is 24.0 Å². The van der Waals surface area contributed by atoms with Crippen LogP contribution in [0.1, 0.15) is 29.4 Å². The topological polar surface area (TPSA) is 79.7 Å². The maximum Gasteiger partial charge on any atom is 0.311 e. The van der Waals surface area contributed by atoms with Crippen molar-refractivity contribution in [2.45, 2.75) is 26.3 Å². The highest BCUT2D eigenvalue weighted by Gasteiger charge is 2.39. The van der Waals surface area contributed by atoms with Crippen LogP contribution in [0.5, 0.6) is 0 Å². The van der Waals surface area contributed by atoms with Crippen molar-refractivity contribution >= 4 is 11.9 Å². The number of ether oxygens (including phenoxy) is 1. The zero-order valence-corrected chi connectivity index (χ0v) is 12.3. The van der Waals surface area contributed by atoms with Crippen LogP contribution in [0.2, 0.25) is 0 Å². The zero-order chi connectivity index (χ0) is 15.4. The average molecular weight is 292 g/mol. The number of pyridine rings is 1. The van der Waals surface area contributed by atoms with E-state index in [-0.39, 0.29) is 19.1 Å². The first kappa shape index (κ1) is 15.4. The Hall–Kier alpha value is -1.95. The number of rotatable bonds is 5. The first-order valence-electron chi connectivity index (χ1n) is 7.08. The van der Waals surface area contributed by atoms with E-state index < -0.39 is 17.9 Å². The Morgan fingerprint density at radius 3 is 2.86 bits per heavy atom. The highest BCUT2D eigenvalue weighted by Crippen LogP contribution is 2.22. The van der Waals surface area contributed by atoms with E-state index in [9.17, 15) is 14.7 Å². The number of aromatic nitrogens is 1. The number of hydrogen-bond donors (Lipinski definition) is 1. The zero-order valence-electron chi connectivity index (χ0n) is 12.3. The molecule has 0 aromatic carbocycles. The van der Waals surface area contributed by atoms with Gasteiger partial charge in [-0.1, -0.05) is 6.92 Å². The van der Waals surface area contributed by atoms with Crippen molar-refractivity contribution in [3.63, 3.8) is 0 Å². The molecule has 1 aromatic rings. The van der Waals surface area contributed by atoms with E-state index in [1.165, 1.54) is 0 Å². The van der Waals surface area contributed by atoms with Gasteiger partial charge < -0.3 is 14.7 Å². The fraction of sp³-hybridized carbons (Fsp3) is 0.533. The Bertz CT molecular complexity index is 532. The molecule has 1 fully saturated rings. The molecule has 2 atom stereocenters. The summed E-state index contributed by atoms with van der Waals surface area (Å²) < 4.78 is 5.28. The summed E-state index contributed by atoms with van der Waals surface area (Å²) in [5.74, 6) is -1.75. The molecule has 1 aromatic heterocycles. The monoisotopic (exact) mass is 292 g/mol. The van der Waals surface area contributed by atoms with Crippen molar-refractivity contribution < 1.29 is 19.4 Å². The van der Waals surface area contributed by atoms with Crippen molar-refractivity contribution in [3.05, 3.63) is 29.6 Å². The molecule has 21 heavy (non-hydrogen) atoms. The summed E-state index contributed by atoms with van der Waals surface area (Å²) in [4.78, 5) is 29.7. The molecule has 0 bridgehead atoms. The maximum atomic E-state index is 12.7. The van der Waals surface area contributed by atoms with Gasteiger partial charge in [0.2, 0.25) is 0 Å². The quantitative estimate of drug-likeness (QED) is 0.886. The van der Waals surface area contributed by atoms with E-state index in [0.29, 0.717) is 12.1 Å². The molecule has 0 saturated carbocycles. The molecule has 6 heteroatoms. The number of carboxylic acids is 1. The molecule has 2 unspecified atom stereocenters. The van der Waals surface area contributed by atoms with Crippen LogP contribution in [0.3, 0.4) is 0 Å². The van der Waals surface area contributed by atoms with E-state index in [1.54, 1.807) is 23.2 Å². The fourth-order valence-corrected chi connectivity index (χ4v) is 2.59. The number of nitrogens with zero attached hydrogens (tertiary/aromatic N) is 2. The van der Waals surface area contributed by atoms with Gasteiger partial charge >= 0.3 is 5.97 Å². The molecule has 1 amide bonds. The first-order valence-corrected chi connectivity index (χ1v) is 7.08. The molecular weight excluding hydrogens is 272 g/mol. The Morgan fingerprint density at radius 1 is 1.48 bits per heavy atom. The summed E-state index contributed by atoms with van der Waals surface area (Å²) >= 11 is 0. The number of hydrogen-bond acceptors (Lipinski definition) is 4. The van der Waals surface area contributed by atoms with Gasteiger partial charge in [0.15, 0.2) is 0 Å². The van der Waals surface area contributed by atoms with Crippen LogP contribution in [0, 0.1) is 12.8 Å². The summed E-state index contributed by atoms with van der Waals surface area (Å²) in [6.45, 7) is 4.72. The number of aryl methyl sites for hydroxylation is 1. The summed E-state index contributed by atoms with van der Waals surface area (Å²) in [6.07, 6.45) is 2.35. The third-order valence-electron chi connectivity index (χ3n) is 3.64. The van der Waals surface area contributed by atoms with Crippen molar-refractivity contribution in [1.82, 2.24) is 9.88 Å². The lowest BCUT2D eigenvalue weighted by Crippen LogP contribution is -2.47. The second kappa shape index (κ2) is 6.67. The Labute approximate surface area is 123 Å². The summed E-state index contributed by atoms with van der Waals surface area (Å²) in [6, 6.07) is 2.96. The maximum absolute atomic E-state index is 12.7. The second-order valence-electron chi connectivity index (χ2n) is 5.23. The standard InChI is InChI=1S/C15H20N2O4/c1-3-6-17(13-9-21-8-12(13)15(19)20)14(18)11-4-5-16-10(2)7-11/h4-5,7,12-13H,3,6,8-9H2,1-2H3,(H,19,20). The number of carbonyl (C=O) groups excluding carboxylic acids is 1. The molecule has 0 radical (unpaired) electrons. The minimum Gasteiger partial charge on any atom is -0.481 e. The van der Waals surface area contributed by atoms with Crippen LogP contribution >= 0.6 is 0 Å². The number of aliphatic carboxylic acids is 1. The lowest BCUT2D eigenvalue weighted by Gasteiger charge is -2.30. The van der Waals surface area contributed by atoms with Gasteiger partial charge in [0.25, 0.3) is 5.91 Å². The molecule has 1 saturated heterocycles. The van der Waals surface area contributed by atoms with Crippen LogP contribution in [-0.2, 0) is 9.53 Å². The average Bonchev–Trinajstić information content (AvgIpc) is 2.93. The minimum atomic E-state index is -0.919. The molecule has 114 valence electrons. The fourth-order valence-electron chi connectivity index (χ4n) is 2.59. The van der Waals surface area contributed by atoms with E-state index in [2.05, 4.69) is 4.98 Å². The van der Waals surface area contributed by atoms with Crippen molar-refractivity contribution in [2.24, 2.45) is 5.92 Å². The lowest BCUT2D eigenvalue weighted by atomic mass is 10.0. The predicted octanol–water partition coefficient (Wildman–Crippen LogP) is 1.34. The van der Waals surface area contributed by atoms with Gasteiger partial charge in [-0.3, -0.25) is 14.6 Å². The highest BCUT2D eigenvalue weighted by atomic mass is 16.5. The molecule has 2 heterocycles. The number of carbonyl (C=O) groups is 2. The van der Waals surface area contributed by atoms with Crippen molar-refractivity contribution in [2.75, 3.05) is 19.8 Å². The van der Waals surface area contributed by atoms with E-state index in [1.807, 2.05) is 13.8 Å². The van der Waals surface area contributed by atoms with Gasteiger partial charge in [0.05, 0.1) is 19.3 Å². The molecule has 1 N–H and O–H groups in total. The van der Waals surface area contributed by atoms with E-state index >= 15 is 0 Å². The number of amides is 1. The molecule has 1 aliphatic rings. The van der Waals surface area contributed by atoms with Crippen LogP contribution < -0.4 is 0 Å². The summed E-state index contributed by atoms with van der Waals surface area (Å²) in [7, 11) is 0. The Kier molecular flexibility index (Phi) is 4.90. The molecule has 2 rings (SSSR count). The SMILES string of the molecule is CCCN(C(=O)c1ccnc(C)c1)C1COCC1C(=O)O. The van der Waals surface area contributed by atoms with Crippen molar-refractivity contribution in [1.29, 1.82) is 0 Å². The second-order valence-corrected chi connectivity index (χ2v) is 5.23. The molecule has 0 spiro atoms. The van der Waals surface area contributed by atoms with E-state index in [4.69, 9.17) is 4.74 Å². The Balaban J connectivity index is 2.26. The van der Waals surface area contributed by atoms with Crippen LogP contribution in [0.25, 0.3) is 0 Å². The largest absolute Gasteiger partial charge is 0.481 e. The van der Waals surface area contributed by atoms with Crippen LogP contribution in [0.15, 0.2) is 18.3 Å². The number of carboxylic acid groups (broad SMARTS) is 1. The van der Waals surface area contributed by atoms with Gasteiger partial charge in [0.1, 0.15) is 5.92 Å². The van der Waals surface area contributed by atoms with Gasteiger partial charge in [-0.15, -0.1) is 0 Å². The van der Waals surface area contributed by atoms with Crippen molar-refractivity contribution in [3.8, 4) is 0 Å². The third kappa shape index (κ3) is 3.39. The minimum absolute atomic E-state index is 0.156. The smallest absolute Gasteiger partial charge is 0.311 e. The lowest BCUT2D eigenvalue weighted by molar-refractivity contribution is -0.142. The first-order chi connectivity index (χ1) is 10.0. The third-order valence-corrected chi connectivity index (χ3v) is 3.64. The van der Waals surface area contributed by atoms with E-state index in [0.717, 1.165) is 12.1 Å². The predicted molar refractivity (Wildman–Crippen MR) is 76.0 cm³/mol. The van der Waals surface area contributed by atoms with Crippen LogP contribution in [-0.4, -0.2) is 52.7 Å². The molecule has 6 nitrogen and oxygen atoms in total.